The lowest BCUT2D eigenvalue weighted by Crippen LogP contribution is -2.41. The maximum atomic E-state index is 14.4. The maximum absolute atomic E-state index is 14.4. The van der Waals surface area contributed by atoms with E-state index in [0.717, 1.165) is 42.3 Å². The van der Waals surface area contributed by atoms with Gasteiger partial charge >= 0.3 is 0 Å². The average Bonchev–Trinajstić information content (AvgIpc) is 2.95. The summed E-state index contributed by atoms with van der Waals surface area (Å²) in [5.74, 6) is -0.631. The van der Waals surface area contributed by atoms with Gasteiger partial charge in [-0.1, -0.05) is 6.42 Å². The van der Waals surface area contributed by atoms with E-state index in [-0.39, 0.29) is 11.7 Å². The van der Waals surface area contributed by atoms with Crippen LogP contribution in [0, 0.1) is 23.4 Å². The predicted molar refractivity (Wildman–Crippen MR) is 105 cm³/mol. The Hall–Kier alpha value is -2.27. The van der Waals surface area contributed by atoms with Gasteiger partial charge in [-0.15, -0.1) is 0 Å². The molecule has 0 aliphatic heterocycles. The second-order valence-corrected chi connectivity index (χ2v) is 8.30. The van der Waals surface area contributed by atoms with Crippen molar-refractivity contribution in [1.29, 1.82) is 0 Å². The molecule has 1 heterocycles. The highest BCUT2D eigenvalue weighted by molar-refractivity contribution is 5.92. The van der Waals surface area contributed by atoms with Crippen molar-refractivity contribution in [3.63, 3.8) is 0 Å². The number of rotatable bonds is 5. The minimum absolute atomic E-state index is 0.253. The average molecular weight is 384 g/mol. The fourth-order valence-corrected chi connectivity index (χ4v) is 4.59. The van der Waals surface area contributed by atoms with Crippen molar-refractivity contribution < 1.29 is 13.2 Å². The zero-order valence-corrected chi connectivity index (χ0v) is 15.6. The van der Waals surface area contributed by atoms with Crippen LogP contribution in [0.4, 0.5) is 13.2 Å². The van der Waals surface area contributed by atoms with Crippen molar-refractivity contribution in [2.24, 2.45) is 5.92 Å². The standard InChI is InChI=1S/C23H23F3N2/c24-16-6-4-14(5-7-16)22-21(19-10-17(25)11-20(26)23(19)28-22)15-8-13(9-15)12-27-18-2-1-3-18/h4-7,10-11,13,15,18,27-28H,1-3,8-9,12H2. The molecule has 0 amide bonds. The first-order chi connectivity index (χ1) is 13.6. The highest BCUT2D eigenvalue weighted by Gasteiger charge is 2.35. The topological polar surface area (TPSA) is 27.8 Å². The summed E-state index contributed by atoms with van der Waals surface area (Å²) < 4.78 is 41.7. The quantitative estimate of drug-likeness (QED) is 0.564. The van der Waals surface area contributed by atoms with Gasteiger partial charge in [0.1, 0.15) is 17.5 Å². The van der Waals surface area contributed by atoms with E-state index in [4.69, 9.17) is 0 Å². The molecule has 146 valence electrons. The first kappa shape index (κ1) is 17.8. The fraction of sp³-hybridized carbons (Fsp3) is 0.391. The van der Waals surface area contributed by atoms with Crippen LogP contribution in [0.5, 0.6) is 0 Å². The molecule has 2 saturated carbocycles. The normalized spacial score (nSPS) is 22.2. The van der Waals surface area contributed by atoms with Gasteiger partial charge in [-0.05, 0) is 85.5 Å². The molecule has 1 aromatic heterocycles. The predicted octanol–water partition coefficient (Wildman–Crippen LogP) is 5.89. The molecule has 28 heavy (non-hydrogen) atoms. The summed E-state index contributed by atoms with van der Waals surface area (Å²) in [7, 11) is 0. The molecule has 5 rings (SSSR count). The van der Waals surface area contributed by atoms with Gasteiger partial charge in [0.25, 0.3) is 0 Å². The van der Waals surface area contributed by atoms with Gasteiger partial charge in [-0.2, -0.15) is 0 Å². The minimum Gasteiger partial charge on any atom is -0.352 e. The van der Waals surface area contributed by atoms with Crippen molar-refractivity contribution in [3.05, 3.63) is 59.4 Å². The van der Waals surface area contributed by atoms with Crippen molar-refractivity contribution >= 4 is 10.9 Å². The number of hydrogen-bond donors (Lipinski definition) is 2. The van der Waals surface area contributed by atoms with Gasteiger partial charge in [0.15, 0.2) is 0 Å². The van der Waals surface area contributed by atoms with Crippen LogP contribution < -0.4 is 5.32 Å². The van der Waals surface area contributed by atoms with E-state index in [2.05, 4.69) is 10.3 Å². The van der Waals surface area contributed by atoms with Gasteiger partial charge < -0.3 is 10.3 Å². The van der Waals surface area contributed by atoms with Crippen molar-refractivity contribution in [1.82, 2.24) is 10.3 Å². The van der Waals surface area contributed by atoms with E-state index in [9.17, 15) is 13.2 Å². The number of nitrogens with one attached hydrogen (secondary N) is 2. The molecule has 2 N–H and O–H groups in total. The third-order valence-electron chi connectivity index (χ3n) is 6.44. The third-order valence-corrected chi connectivity index (χ3v) is 6.44. The first-order valence-corrected chi connectivity index (χ1v) is 10.1. The highest BCUT2D eigenvalue weighted by Crippen LogP contribution is 2.48. The molecule has 5 heteroatoms. The van der Waals surface area contributed by atoms with E-state index >= 15 is 0 Å². The molecule has 2 fully saturated rings. The summed E-state index contributed by atoms with van der Waals surface area (Å²) in [6.45, 7) is 1.01. The smallest absolute Gasteiger partial charge is 0.150 e. The SMILES string of the molecule is Fc1ccc(-c2[nH]c3c(F)cc(F)cc3c2C2CC(CNC3CCC3)C2)cc1. The third kappa shape index (κ3) is 3.12. The lowest BCUT2D eigenvalue weighted by atomic mass is 9.70. The Balaban J connectivity index is 1.47. The number of aromatic amines is 1. The Morgan fingerprint density at radius 1 is 0.964 bits per heavy atom. The van der Waals surface area contributed by atoms with E-state index in [0.29, 0.717) is 22.9 Å². The molecule has 0 atom stereocenters. The largest absolute Gasteiger partial charge is 0.352 e. The van der Waals surface area contributed by atoms with Crippen LogP contribution in [-0.2, 0) is 0 Å². The van der Waals surface area contributed by atoms with Crippen molar-refractivity contribution in [2.75, 3.05) is 6.54 Å². The molecule has 2 aliphatic carbocycles. The van der Waals surface area contributed by atoms with Crippen LogP contribution in [0.15, 0.2) is 36.4 Å². The minimum atomic E-state index is -0.591. The Morgan fingerprint density at radius 2 is 1.71 bits per heavy atom. The summed E-state index contributed by atoms with van der Waals surface area (Å²) in [4.78, 5) is 3.15. The van der Waals surface area contributed by atoms with Gasteiger partial charge in [-0.3, -0.25) is 0 Å². The summed E-state index contributed by atoms with van der Waals surface area (Å²) in [5.41, 5.74) is 2.85. The Bertz CT molecular complexity index is 999. The van der Waals surface area contributed by atoms with Crippen LogP contribution in [0.2, 0.25) is 0 Å². The maximum Gasteiger partial charge on any atom is 0.150 e. The molecular weight excluding hydrogens is 361 g/mol. The van der Waals surface area contributed by atoms with Crippen molar-refractivity contribution in [3.8, 4) is 11.3 Å². The van der Waals surface area contributed by atoms with Crippen LogP contribution in [0.3, 0.4) is 0 Å². The zero-order chi connectivity index (χ0) is 19.3. The monoisotopic (exact) mass is 384 g/mol. The Labute approximate surface area is 162 Å². The van der Waals surface area contributed by atoms with Crippen LogP contribution in [0.1, 0.15) is 43.6 Å². The molecule has 0 unspecified atom stereocenters. The lowest BCUT2D eigenvalue weighted by Gasteiger charge is -2.38. The molecule has 3 aromatic rings. The van der Waals surface area contributed by atoms with Gasteiger partial charge in [0.2, 0.25) is 0 Å². The molecule has 2 nitrogen and oxygen atoms in total. The van der Waals surface area contributed by atoms with Crippen LogP contribution >= 0.6 is 0 Å². The van der Waals surface area contributed by atoms with E-state index in [1.54, 1.807) is 12.1 Å². The summed E-state index contributed by atoms with van der Waals surface area (Å²) >= 11 is 0. The summed E-state index contributed by atoms with van der Waals surface area (Å²) in [5, 5.41) is 4.23. The number of halogens is 3. The van der Waals surface area contributed by atoms with Gasteiger partial charge in [0, 0.05) is 17.5 Å². The lowest BCUT2D eigenvalue weighted by molar-refractivity contribution is 0.227. The number of aromatic nitrogens is 1. The van der Waals surface area contributed by atoms with E-state index in [1.165, 1.54) is 37.5 Å². The molecule has 0 radical (unpaired) electrons. The molecule has 0 saturated heterocycles. The van der Waals surface area contributed by atoms with Crippen molar-refractivity contribution in [2.45, 2.75) is 44.1 Å². The molecule has 2 aliphatic rings. The number of hydrogen-bond acceptors (Lipinski definition) is 1. The molecule has 0 bridgehead atoms. The van der Waals surface area contributed by atoms with E-state index < -0.39 is 11.6 Å². The highest BCUT2D eigenvalue weighted by atomic mass is 19.1. The second-order valence-electron chi connectivity index (χ2n) is 8.30. The molecular formula is C23H23F3N2. The van der Waals surface area contributed by atoms with Crippen LogP contribution in [-0.4, -0.2) is 17.6 Å². The fourth-order valence-electron chi connectivity index (χ4n) is 4.59. The second kappa shape index (κ2) is 6.96. The number of H-pyrrole nitrogens is 1. The number of benzene rings is 2. The van der Waals surface area contributed by atoms with Gasteiger partial charge in [-0.25, -0.2) is 13.2 Å². The number of fused-ring (bicyclic) bond motifs is 1. The van der Waals surface area contributed by atoms with E-state index in [1.807, 2.05) is 0 Å². The summed E-state index contributed by atoms with van der Waals surface area (Å²) in [6.07, 6.45) is 5.86. The molecule has 2 aromatic carbocycles. The Morgan fingerprint density at radius 3 is 2.39 bits per heavy atom. The zero-order valence-electron chi connectivity index (χ0n) is 15.6. The molecule has 0 spiro atoms. The summed E-state index contributed by atoms with van der Waals surface area (Å²) in [6, 6.07) is 9.16. The Kier molecular flexibility index (Phi) is 4.43. The van der Waals surface area contributed by atoms with Crippen LogP contribution in [0.25, 0.3) is 22.2 Å². The van der Waals surface area contributed by atoms with Gasteiger partial charge in [0.05, 0.1) is 11.2 Å². The first-order valence-electron chi connectivity index (χ1n) is 10.1.